The van der Waals surface area contributed by atoms with Crippen LogP contribution in [0.2, 0.25) is 0 Å². The molecule has 0 fully saturated rings. The van der Waals surface area contributed by atoms with E-state index in [4.69, 9.17) is 5.26 Å². The molecule has 0 aromatic heterocycles. The van der Waals surface area contributed by atoms with Crippen molar-refractivity contribution in [3.8, 4) is 6.07 Å². The monoisotopic (exact) mass is 372 g/mol. The third-order valence-corrected chi connectivity index (χ3v) is 5.03. The molecule has 136 valence electrons. The summed E-state index contributed by atoms with van der Waals surface area (Å²) in [7, 11) is 0.109. The van der Waals surface area contributed by atoms with E-state index in [0.717, 1.165) is 0 Å². The van der Waals surface area contributed by atoms with E-state index in [1.807, 2.05) is 25.1 Å². The highest BCUT2D eigenvalue weighted by Crippen LogP contribution is 2.14. The number of nitriles is 1. The maximum Gasteiger partial charge on any atom is 0.255 e. The quantitative estimate of drug-likeness (QED) is 0.769. The molecule has 0 spiro atoms. The van der Waals surface area contributed by atoms with E-state index in [1.165, 1.54) is 24.3 Å². The molecule has 0 saturated carbocycles. The fourth-order valence-electron chi connectivity index (χ4n) is 2.10. The SMILES string of the molecule is CN(C)CCNS(=O)(=O)c1ccc(C(=O)Nc2ccc(C#N)cc2)cc1. The first-order valence-electron chi connectivity index (χ1n) is 7.88. The lowest BCUT2D eigenvalue weighted by molar-refractivity contribution is 0.102. The van der Waals surface area contributed by atoms with E-state index in [2.05, 4.69) is 10.0 Å². The number of hydrogen-bond acceptors (Lipinski definition) is 5. The van der Waals surface area contributed by atoms with Crippen molar-refractivity contribution in [2.24, 2.45) is 0 Å². The molecule has 2 aromatic rings. The van der Waals surface area contributed by atoms with E-state index in [1.54, 1.807) is 24.3 Å². The lowest BCUT2D eigenvalue weighted by Gasteiger charge is -2.11. The number of anilines is 1. The molecule has 0 saturated heterocycles. The van der Waals surface area contributed by atoms with Gasteiger partial charge in [-0.05, 0) is 62.6 Å². The van der Waals surface area contributed by atoms with Gasteiger partial charge in [0, 0.05) is 24.3 Å². The third-order valence-electron chi connectivity index (χ3n) is 3.55. The molecule has 7 nitrogen and oxygen atoms in total. The zero-order valence-electron chi connectivity index (χ0n) is 14.6. The van der Waals surface area contributed by atoms with E-state index in [9.17, 15) is 13.2 Å². The van der Waals surface area contributed by atoms with Crippen molar-refractivity contribution >= 4 is 21.6 Å². The Balaban J connectivity index is 2.03. The maximum absolute atomic E-state index is 12.2. The number of carbonyl (C=O) groups is 1. The lowest BCUT2D eigenvalue weighted by atomic mass is 10.2. The lowest BCUT2D eigenvalue weighted by Crippen LogP contribution is -2.31. The summed E-state index contributed by atoms with van der Waals surface area (Å²) < 4.78 is 26.9. The Morgan fingerprint density at radius 2 is 1.69 bits per heavy atom. The number of rotatable bonds is 7. The second-order valence-corrected chi connectivity index (χ2v) is 7.64. The van der Waals surface area contributed by atoms with Crippen LogP contribution in [-0.4, -0.2) is 46.4 Å². The van der Waals surface area contributed by atoms with Crippen molar-refractivity contribution in [3.63, 3.8) is 0 Å². The summed E-state index contributed by atoms with van der Waals surface area (Å²) in [5, 5.41) is 11.5. The highest BCUT2D eigenvalue weighted by molar-refractivity contribution is 7.89. The second-order valence-electron chi connectivity index (χ2n) is 5.87. The Morgan fingerprint density at radius 1 is 1.08 bits per heavy atom. The normalized spacial score (nSPS) is 11.2. The molecule has 2 rings (SSSR count). The molecule has 0 aliphatic heterocycles. The van der Waals surface area contributed by atoms with Crippen LogP contribution in [0.25, 0.3) is 0 Å². The van der Waals surface area contributed by atoms with Gasteiger partial charge in [-0.25, -0.2) is 13.1 Å². The smallest absolute Gasteiger partial charge is 0.255 e. The second kappa shape index (κ2) is 8.58. The Kier molecular flexibility index (Phi) is 6.46. The molecule has 26 heavy (non-hydrogen) atoms. The maximum atomic E-state index is 12.2. The Labute approximate surface area is 153 Å². The summed E-state index contributed by atoms with van der Waals surface area (Å²) >= 11 is 0. The average molecular weight is 372 g/mol. The molecule has 0 radical (unpaired) electrons. The summed E-state index contributed by atoms with van der Waals surface area (Å²) in [5.74, 6) is -0.362. The zero-order chi connectivity index (χ0) is 19.2. The van der Waals surface area contributed by atoms with Gasteiger partial charge in [0.1, 0.15) is 0 Å². The molecule has 2 aromatic carbocycles. The minimum absolute atomic E-state index is 0.103. The average Bonchev–Trinajstić information content (AvgIpc) is 2.62. The van der Waals surface area contributed by atoms with Crippen molar-refractivity contribution in [2.75, 3.05) is 32.5 Å². The number of nitrogens with one attached hydrogen (secondary N) is 2. The molecular weight excluding hydrogens is 352 g/mol. The van der Waals surface area contributed by atoms with Gasteiger partial charge in [0.15, 0.2) is 0 Å². The zero-order valence-corrected chi connectivity index (χ0v) is 15.4. The van der Waals surface area contributed by atoms with E-state index >= 15 is 0 Å². The Bertz CT molecular complexity index is 899. The molecule has 0 unspecified atom stereocenters. The standard InChI is InChI=1S/C18H20N4O3S/c1-22(2)12-11-20-26(24,25)17-9-5-15(6-10-17)18(23)21-16-7-3-14(13-19)4-8-16/h3-10,20H,11-12H2,1-2H3,(H,21,23). The van der Waals surface area contributed by atoms with Gasteiger partial charge in [0.2, 0.25) is 10.0 Å². The first-order chi connectivity index (χ1) is 12.3. The van der Waals surface area contributed by atoms with Gasteiger partial charge in [0.25, 0.3) is 5.91 Å². The van der Waals surface area contributed by atoms with Crippen molar-refractivity contribution in [1.82, 2.24) is 9.62 Å². The van der Waals surface area contributed by atoms with Gasteiger partial charge in [-0.2, -0.15) is 5.26 Å². The summed E-state index contributed by atoms with van der Waals surface area (Å²) in [6, 6.07) is 14.2. The van der Waals surface area contributed by atoms with Crippen LogP contribution in [0.5, 0.6) is 0 Å². The summed E-state index contributed by atoms with van der Waals surface area (Å²) in [6.07, 6.45) is 0. The predicted molar refractivity (Wildman–Crippen MR) is 99.3 cm³/mol. The highest BCUT2D eigenvalue weighted by Gasteiger charge is 2.14. The Morgan fingerprint density at radius 3 is 2.23 bits per heavy atom. The van der Waals surface area contributed by atoms with Gasteiger partial charge in [-0.1, -0.05) is 0 Å². The number of likely N-dealkylation sites (N-methyl/N-ethyl adjacent to an activating group) is 1. The highest BCUT2D eigenvalue weighted by atomic mass is 32.2. The minimum Gasteiger partial charge on any atom is -0.322 e. The van der Waals surface area contributed by atoms with Gasteiger partial charge < -0.3 is 10.2 Å². The van der Waals surface area contributed by atoms with E-state index < -0.39 is 10.0 Å². The molecular formula is C18H20N4O3S. The first kappa shape index (κ1) is 19.6. The summed E-state index contributed by atoms with van der Waals surface area (Å²) in [4.78, 5) is 14.2. The van der Waals surface area contributed by atoms with Crippen molar-refractivity contribution < 1.29 is 13.2 Å². The predicted octanol–water partition coefficient (Wildman–Crippen LogP) is 1.65. The van der Waals surface area contributed by atoms with Crippen molar-refractivity contribution in [3.05, 3.63) is 59.7 Å². The van der Waals surface area contributed by atoms with Crippen LogP contribution < -0.4 is 10.0 Å². The number of nitrogens with zero attached hydrogens (tertiary/aromatic N) is 2. The number of amides is 1. The number of sulfonamides is 1. The van der Waals surface area contributed by atoms with Crippen LogP contribution in [0.15, 0.2) is 53.4 Å². The number of benzene rings is 2. The van der Waals surface area contributed by atoms with Crippen molar-refractivity contribution in [2.45, 2.75) is 4.90 Å². The van der Waals surface area contributed by atoms with Crippen LogP contribution in [0.3, 0.4) is 0 Å². The third kappa shape index (κ3) is 5.39. The van der Waals surface area contributed by atoms with Crippen molar-refractivity contribution in [1.29, 1.82) is 5.26 Å². The minimum atomic E-state index is -3.60. The molecule has 0 aliphatic carbocycles. The summed E-state index contributed by atoms with van der Waals surface area (Å²) in [6.45, 7) is 0.889. The first-order valence-corrected chi connectivity index (χ1v) is 9.36. The molecule has 0 bridgehead atoms. The number of hydrogen-bond donors (Lipinski definition) is 2. The van der Waals surface area contributed by atoms with Crippen LogP contribution in [0.4, 0.5) is 5.69 Å². The van der Waals surface area contributed by atoms with Gasteiger partial charge in [-0.15, -0.1) is 0 Å². The molecule has 2 N–H and O–H groups in total. The molecule has 0 heterocycles. The summed E-state index contributed by atoms with van der Waals surface area (Å²) in [5.41, 5.74) is 1.39. The van der Waals surface area contributed by atoms with Gasteiger partial charge in [-0.3, -0.25) is 4.79 Å². The van der Waals surface area contributed by atoms with Gasteiger partial charge >= 0.3 is 0 Å². The van der Waals surface area contributed by atoms with Crippen LogP contribution >= 0.6 is 0 Å². The van der Waals surface area contributed by atoms with E-state index in [-0.39, 0.29) is 10.8 Å². The Hall–Kier alpha value is -2.73. The molecule has 0 aliphatic rings. The number of carbonyl (C=O) groups excluding carboxylic acids is 1. The van der Waals surface area contributed by atoms with Crippen LogP contribution in [0, 0.1) is 11.3 Å². The molecule has 1 amide bonds. The molecule has 8 heteroatoms. The van der Waals surface area contributed by atoms with E-state index in [0.29, 0.717) is 29.9 Å². The fourth-order valence-corrected chi connectivity index (χ4v) is 3.12. The fraction of sp³-hybridized carbons (Fsp3) is 0.222. The van der Waals surface area contributed by atoms with Gasteiger partial charge in [0.05, 0.1) is 16.5 Å². The largest absolute Gasteiger partial charge is 0.322 e. The topological polar surface area (TPSA) is 102 Å². The van der Waals surface area contributed by atoms with Crippen LogP contribution in [-0.2, 0) is 10.0 Å². The molecule has 0 atom stereocenters. The van der Waals surface area contributed by atoms with Crippen LogP contribution in [0.1, 0.15) is 15.9 Å².